The predicted octanol–water partition coefficient (Wildman–Crippen LogP) is 15.4. The quantitative estimate of drug-likeness (QED) is 0.143. The minimum absolute atomic E-state index is 1.10. The number of hydrogen-bond donors (Lipinski definition) is 0. The summed E-state index contributed by atoms with van der Waals surface area (Å²) >= 11 is 0. The molecule has 8 aromatic carbocycles. The molecule has 0 unspecified atom stereocenters. The van der Waals surface area contributed by atoms with Crippen molar-refractivity contribution >= 4 is 22.6 Å². The highest BCUT2D eigenvalue weighted by molar-refractivity contribution is 6.03. The number of hydrogen-bond acceptors (Lipinski definition) is 1. The average molecular weight is 741 g/mol. The SMILES string of the molecule is c1ccc(-c2ccc(N(c3ccc(-c4ccccc4)cc3)c3ccc(-c4ccc(-c5c(-c6ccccc6)c6ccccn6c5-c5ccccc5)cc4)cc3)cc2)cc1. The minimum atomic E-state index is 1.10. The number of rotatable bonds is 9. The first-order valence-corrected chi connectivity index (χ1v) is 19.8. The van der Waals surface area contributed by atoms with E-state index in [1.165, 1.54) is 72.4 Å². The third-order valence-corrected chi connectivity index (χ3v) is 11.1. The molecule has 0 N–H and O–H groups in total. The second-order valence-corrected chi connectivity index (χ2v) is 14.6. The Balaban J connectivity index is 1.02. The van der Waals surface area contributed by atoms with Gasteiger partial charge in [-0.05, 0) is 98.6 Å². The number of pyridine rings is 1. The summed E-state index contributed by atoms with van der Waals surface area (Å²) in [6.07, 6.45) is 2.18. The summed E-state index contributed by atoms with van der Waals surface area (Å²) in [4.78, 5) is 2.34. The number of anilines is 3. The molecule has 58 heavy (non-hydrogen) atoms. The highest BCUT2D eigenvalue weighted by atomic mass is 15.1. The van der Waals surface area contributed by atoms with Gasteiger partial charge in [-0.25, -0.2) is 0 Å². The minimum Gasteiger partial charge on any atom is -0.315 e. The molecular weight excluding hydrogens is 701 g/mol. The van der Waals surface area contributed by atoms with Crippen LogP contribution in [0.5, 0.6) is 0 Å². The summed E-state index contributed by atoms with van der Waals surface area (Å²) in [5.41, 5.74) is 18.9. The van der Waals surface area contributed by atoms with Crippen LogP contribution < -0.4 is 4.90 Å². The maximum Gasteiger partial charge on any atom is 0.0613 e. The molecule has 0 saturated heterocycles. The maximum absolute atomic E-state index is 2.34. The third kappa shape index (κ3) is 6.67. The van der Waals surface area contributed by atoms with E-state index in [2.05, 4.69) is 252 Å². The lowest BCUT2D eigenvalue weighted by Crippen LogP contribution is -2.09. The number of benzene rings is 8. The average Bonchev–Trinajstić information content (AvgIpc) is 3.66. The summed E-state index contributed by atoms with van der Waals surface area (Å²) in [5, 5.41) is 0. The van der Waals surface area contributed by atoms with Gasteiger partial charge in [0.05, 0.1) is 11.2 Å². The molecule has 0 aliphatic carbocycles. The molecule has 0 radical (unpaired) electrons. The highest BCUT2D eigenvalue weighted by Crippen LogP contribution is 2.45. The molecule has 0 aliphatic heterocycles. The van der Waals surface area contributed by atoms with Crippen LogP contribution >= 0.6 is 0 Å². The fourth-order valence-corrected chi connectivity index (χ4v) is 8.21. The number of aromatic nitrogens is 1. The molecule has 274 valence electrons. The van der Waals surface area contributed by atoms with Crippen LogP contribution in [0, 0.1) is 0 Å². The van der Waals surface area contributed by atoms with Gasteiger partial charge in [0.25, 0.3) is 0 Å². The third-order valence-electron chi connectivity index (χ3n) is 11.1. The van der Waals surface area contributed by atoms with Crippen molar-refractivity contribution in [1.82, 2.24) is 4.40 Å². The largest absolute Gasteiger partial charge is 0.315 e. The first-order valence-electron chi connectivity index (χ1n) is 19.8. The molecule has 0 fully saturated rings. The topological polar surface area (TPSA) is 7.65 Å². The van der Waals surface area contributed by atoms with E-state index in [0.29, 0.717) is 0 Å². The van der Waals surface area contributed by atoms with Crippen molar-refractivity contribution in [2.45, 2.75) is 0 Å². The second kappa shape index (κ2) is 15.5. The summed E-state index contributed by atoms with van der Waals surface area (Å²) in [6, 6.07) is 84.9. The van der Waals surface area contributed by atoms with Crippen molar-refractivity contribution in [1.29, 1.82) is 0 Å². The molecule has 0 amide bonds. The van der Waals surface area contributed by atoms with Gasteiger partial charge in [0.15, 0.2) is 0 Å². The van der Waals surface area contributed by atoms with E-state index in [0.717, 1.165) is 17.1 Å². The Morgan fingerprint density at radius 3 is 0.983 bits per heavy atom. The van der Waals surface area contributed by atoms with Crippen LogP contribution in [0.25, 0.3) is 72.4 Å². The summed E-state index contributed by atoms with van der Waals surface area (Å²) < 4.78 is 2.34. The lowest BCUT2D eigenvalue weighted by molar-refractivity contribution is 1.20. The fraction of sp³-hybridized carbons (Fsp3) is 0. The van der Waals surface area contributed by atoms with Crippen molar-refractivity contribution < 1.29 is 0 Å². The lowest BCUT2D eigenvalue weighted by Gasteiger charge is -2.26. The van der Waals surface area contributed by atoms with Crippen molar-refractivity contribution in [3.05, 3.63) is 243 Å². The van der Waals surface area contributed by atoms with Crippen molar-refractivity contribution in [3.8, 4) is 66.9 Å². The Labute approximate surface area is 340 Å². The van der Waals surface area contributed by atoms with Crippen molar-refractivity contribution in [2.75, 3.05) is 4.90 Å². The smallest absolute Gasteiger partial charge is 0.0613 e. The van der Waals surface area contributed by atoms with Crippen LogP contribution in [0.3, 0.4) is 0 Å². The zero-order valence-electron chi connectivity index (χ0n) is 32.0. The van der Waals surface area contributed by atoms with E-state index in [1.807, 2.05) is 0 Å². The lowest BCUT2D eigenvalue weighted by atomic mass is 9.92. The molecule has 2 heterocycles. The molecule has 0 bridgehead atoms. The normalized spacial score (nSPS) is 11.1. The Hall–Kier alpha value is -7.68. The van der Waals surface area contributed by atoms with Gasteiger partial charge < -0.3 is 9.30 Å². The molecule has 0 atom stereocenters. The van der Waals surface area contributed by atoms with Crippen LogP contribution in [0.4, 0.5) is 17.1 Å². The Bertz CT molecular complexity index is 2760. The van der Waals surface area contributed by atoms with E-state index in [9.17, 15) is 0 Å². The molecule has 2 heteroatoms. The van der Waals surface area contributed by atoms with Crippen molar-refractivity contribution in [3.63, 3.8) is 0 Å². The Morgan fingerprint density at radius 2 is 0.552 bits per heavy atom. The molecule has 10 aromatic rings. The van der Waals surface area contributed by atoms with Gasteiger partial charge in [-0.15, -0.1) is 0 Å². The number of nitrogens with zero attached hydrogens (tertiary/aromatic N) is 2. The second-order valence-electron chi connectivity index (χ2n) is 14.6. The van der Waals surface area contributed by atoms with Gasteiger partial charge in [-0.3, -0.25) is 0 Å². The van der Waals surface area contributed by atoms with Crippen LogP contribution in [0.2, 0.25) is 0 Å². The van der Waals surface area contributed by atoms with Crippen LogP contribution in [0.15, 0.2) is 243 Å². The van der Waals surface area contributed by atoms with Crippen LogP contribution in [-0.4, -0.2) is 4.40 Å². The van der Waals surface area contributed by atoms with E-state index < -0.39 is 0 Å². The van der Waals surface area contributed by atoms with E-state index in [4.69, 9.17) is 0 Å². The van der Waals surface area contributed by atoms with Crippen LogP contribution in [-0.2, 0) is 0 Å². The standard InChI is InChI=1S/C56H40N2/c1-5-15-41(16-6-1)44-28-34-50(35-29-44)58(51-36-30-45(31-37-51)42-17-7-2-8-18-42)52-38-32-46(33-39-52)43-24-26-48(27-25-43)55-54(47-19-9-3-10-20-47)53-23-13-14-40-57(53)56(55)49-21-11-4-12-22-49/h1-40H. The summed E-state index contributed by atoms with van der Waals surface area (Å²) in [7, 11) is 0. The van der Waals surface area contributed by atoms with Gasteiger partial charge in [0.2, 0.25) is 0 Å². The van der Waals surface area contributed by atoms with Gasteiger partial charge >= 0.3 is 0 Å². The van der Waals surface area contributed by atoms with Crippen molar-refractivity contribution in [2.24, 2.45) is 0 Å². The number of fused-ring (bicyclic) bond motifs is 1. The highest BCUT2D eigenvalue weighted by Gasteiger charge is 2.22. The van der Waals surface area contributed by atoms with Gasteiger partial charge in [-0.2, -0.15) is 0 Å². The summed E-state index contributed by atoms with van der Waals surface area (Å²) in [6.45, 7) is 0. The van der Waals surface area contributed by atoms with E-state index in [1.54, 1.807) is 0 Å². The Kier molecular flexibility index (Phi) is 9.27. The van der Waals surface area contributed by atoms with E-state index >= 15 is 0 Å². The first kappa shape index (κ1) is 34.8. The summed E-state index contributed by atoms with van der Waals surface area (Å²) in [5.74, 6) is 0. The maximum atomic E-state index is 2.34. The van der Waals surface area contributed by atoms with E-state index in [-0.39, 0.29) is 0 Å². The fourth-order valence-electron chi connectivity index (χ4n) is 8.21. The predicted molar refractivity (Wildman–Crippen MR) is 245 cm³/mol. The molecule has 2 nitrogen and oxygen atoms in total. The van der Waals surface area contributed by atoms with Crippen LogP contribution in [0.1, 0.15) is 0 Å². The molecule has 0 spiro atoms. The van der Waals surface area contributed by atoms with Gasteiger partial charge in [0, 0.05) is 34.4 Å². The van der Waals surface area contributed by atoms with Gasteiger partial charge in [-0.1, -0.05) is 188 Å². The molecular formula is C56H40N2. The monoisotopic (exact) mass is 740 g/mol. The zero-order chi connectivity index (χ0) is 38.7. The first-order chi connectivity index (χ1) is 28.8. The molecule has 0 aliphatic rings. The molecule has 10 rings (SSSR count). The Morgan fingerprint density at radius 1 is 0.241 bits per heavy atom. The zero-order valence-corrected chi connectivity index (χ0v) is 32.0. The molecule has 0 saturated carbocycles. The molecule has 2 aromatic heterocycles. The van der Waals surface area contributed by atoms with Gasteiger partial charge in [0.1, 0.15) is 0 Å².